The van der Waals surface area contributed by atoms with Gasteiger partial charge in [0.05, 0.1) is 18.8 Å². The molecule has 0 radical (unpaired) electrons. The molecule has 1 amide bonds. The zero-order valence-electron chi connectivity index (χ0n) is 42.9. The normalized spacial score (nSPS) is 13.7. The molecule has 0 aliphatic carbocycles. The summed E-state index contributed by atoms with van der Waals surface area (Å²) in [7, 11) is 0. The molecular weight excluding hydrogens is 779 g/mol. The maximum atomic E-state index is 12.5. The van der Waals surface area contributed by atoms with Gasteiger partial charge >= 0.3 is 0 Å². The molecule has 4 atom stereocenters. The predicted octanol–water partition coefficient (Wildman–Crippen LogP) is 16.7. The van der Waals surface area contributed by atoms with Crippen molar-refractivity contribution >= 4 is 5.91 Å². The molecule has 0 aromatic carbocycles. The van der Waals surface area contributed by atoms with Crippen molar-refractivity contribution in [3.63, 3.8) is 0 Å². The molecule has 0 rings (SSSR count). The molecule has 0 aromatic rings. The number of aliphatic hydroxyl groups excluding tert-OH is 4. The number of carbonyl (C=O) groups excluding carboxylic acids is 1. The third-order valence-corrected chi connectivity index (χ3v) is 14.1. The van der Waals surface area contributed by atoms with Crippen LogP contribution < -0.4 is 5.32 Å². The van der Waals surface area contributed by atoms with E-state index in [0.717, 1.165) is 38.5 Å². The fourth-order valence-electron chi connectivity index (χ4n) is 9.53. The highest BCUT2D eigenvalue weighted by Crippen LogP contribution is 2.19. The van der Waals surface area contributed by atoms with Gasteiger partial charge in [0, 0.05) is 0 Å². The lowest BCUT2D eigenvalue weighted by Gasteiger charge is -2.27. The Bertz CT molecular complexity index is 871. The minimum Gasteiger partial charge on any atom is -0.394 e. The lowest BCUT2D eigenvalue weighted by Crippen LogP contribution is -2.53. The average molecular weight is 895 g/mol. The van der Waals surface area contributed by atoms with Crippen LogP contribution in [0.4, 0.5) is 0 Å². The van der Waals surface area contributed by atoms with E-state index in [1.165, 1.54) is 263 Å². The van der Waals surface area contributed by atoms with Crippen LogP contribution in [0.1, 0.15) is 328 Å². The number of nitrogens with one attached hydrogen (secondary N) is 1. The molecule has 0 bridgehead atoms. The SMILES string of the molecule is CCCCCCCCCCCCCCCCCCCCCCCCCCCCCCCCCCCCCCCCC(O)C(=O)NC(CO)C(O)C(O)CCCCCCCCCCC. The number of unbranched alkanes of at least 4 members (excludes halogenated alkanes) is 45. The number of rotatable bonds is 54. The molecule has 0 fully saturated rings. The van der Waals surface area contributed by atoms with E-state index < -0.39 is 36.9 Å². The molecule has 5 N–H and O–H groups in total. The second kappa shape index (κ2) is 52.3. The minimum absolute atomic E-state index is 0.376. The molecule has 6 nitrogen and oxygen atoms in total. The van der Waals surface area contributed by atoms with Crippen LogP contribution in [-0.2, 0) is 4.79 Å². The molecule has 0 aliphatic heterocycles. The van der Waals surface area contributed by atoms with Gasteiger partial charge in [-0.1, -0.05) is 316 Å². The van der Waals surface area contributed by atoms with Crippen molar-refractivity contribution in [2.24, 2.45) is 0 Å². The number of amides is 1. The second-order valence-corrected chi connectivity index (χ2v) is 20.4. The molecule has 0 aliphatic rings. The van der Waals surface area contributed by atoms with Crippen molar-refractivity contribution in [3.05, 3.63) is 0 Å². The molecule has 0 saturated carbocycles. The zero-order chi connectivity index (χ0) is 45.9. The van der Waals surface area contributed by atoms with Crippen LogP contribution >= 0.6 is 0 Å². The Morgan fingerprint density at radius 3 is 0.762 bits per heavy atom. The molecule has 63 heavy (non-hydrogen) atoms. The van der Waals surface area contributed by atoms with E-state index in [0.29, 0.717) is 12.8 Å². The first-order chi connectivity index (χ1) is 31.0. The summed E-state index contributed by atoms with van der Waals surface area (Å²) < 4.78 is 0. The van der Waals surface area contributed by atoms with Gasteiger partial charge < -0.3 is 25.7 Å². The maximum absolute atomic E-state index is 12.5. The van der Waals surface area contributed by atoms with Crippen LogP contribution in [0.2, 0.25) is 0 Å². The summed E-state index contributed by atoms with van der Waals surface area (Å²) in [4.78, 5) is 12.5. The summed E-state index contributed by atoms with van der Waals surface area (Å²) in [5.74, 6) is -0.579. The molecule has 0 saturated heterocycles. The van der Waals surface area contributed by atoms with Crippen molar-refractivity contribution in [2.75, 3.05) is 6.61 Å². The van der Waals surface area contributed by atoms with E-state index in [4.69, 9.17) is 0 Å². The van der Waals surface area contributed by atoms with Gasteiger partial charge in [-0.15, -0.1) is 0 Å². The summed E-state index contributed by atoms with van der Waals surface area (Å²) in [6.45, 7) is 4.05. The highest BCUT2D eigenvalue weighted by atomic mass is 16.3. The van der Waals surface area contributed by atoms with Gasteiger partial charge in [-0.3, -0.25) is 4.79 Å². The lowest BCUT2D eigenvalue weighted by atomic mass is 9.99. The van der Waals surface area contributed by atoms with Gasteiger partial charge in [-0.05, 0) is 12.8 Å². The smallest absolute Gasteiger partial charge is 0.249 e. The van der Waals surface area contributed by atoms with Crippen LogP contribution in [0.3, 0.4) is 0 Å². The Balaban J connectivity index is 3.41. The van der Waals surface area contributed by atoms with E-state index >= 15 is 0 Å². The second-order valence-electron chi connectivity index (χ2n) is 20.4. The third kappa shape index (κ3) is 46.2. The summed E-state index contributed by atoms with van der Waals surface area (Å²) in [5.41, 5.74) is 0. The Kier molecular flexibility index (Phi) is 51.7. The van der Waals surface area contributed by atoms with Crippen molar-refractivity contribution in [1.29, 1.82) is 0 Å². The predicted molar refractivity (Wildman–Crippen MR) is 275 cm³/mol. The van der Waals surface area contributed by atoms with Crippen molar-refractivity contribution in [2.45, 2.75) is 353 Å². The minimum atomic E-state index is -1.25. The van der Waals surface area contributed by atoms with Crippen molar-refractivity contribution in [3.8, 4) is 0 Å². The Morgan fingerprint density at radius 1 is 0.333 bits per heavy atom. The van der Waals surface area contributed by atoms with Gasteiger partial charge in [0.15, 0.2) is 0 Å². The van der Waals surface area contributed by atoms with Gasteiger partial charge in [-0.2, -0.15) is 0 Å². The Labute approximate surface area is 394 Å². The van der Waals surface area contributed by atoms with E-state index in [1.807, 2.05) is 0 Å². The molecule has 0 heterocycles. The fourth-order valence-corrected chi connectivity index (χ4v) is 9.53. The molecule has 0 aromatic heterocycles. The molecule has 6 heteroatoms. The molecule has 378 valence electrons. The Morgan fingerprint density at radius 2 is 0.540 bits per heavy atom. The van der Waals surface area contributed by atoms with Crippen LogP contribution in [-0.4, -0.2) is 57.3 Å². The number of hydrogen-bond donors (Lipinski definition) is 5. The highest BCUT2D eigenvalue weighted by molar-refractivity contribution is 5.80. The largest absolute Gasteiger partial charge is 0.394 e. The summed E-state index contributed by atoms with van der Waals surface area (Å²) in [6.07, 6.45) is 60.8. The van der Waals surface area contributed by atoms with Crippen LogP contribution in [0.25, 0.3) is 0 Å². The van der Waals surface area contributed by atoms with E-state index in [2.05, 4.69) is 19.2 Å². The number of carbonyl (C=O) groups is 1. The summed E-state index contributed by atoms with van der Waals surface area (Å²) >= 11 is 0. The van der Waals surface area contributed by atoms with E-state index in [9.17, 15) is 25.2 Å². The topological polar surface area (TPSA) is 110 Å². The molecular formula is C57H115NO5. The fraction of sp³-hybridized carbons (Fsp3) is 0.982. The van der Waals surface area contributed by atoms with Gasteiger partial charge in [0.25, 0.3) is 0 Å². The molecule has 0 spiro atoms. The van der Waals surface area contributed by atoms with Crippen LogP contribution in [0.5, 0.6) is 0 Å². The van der Waals surface area contributed by atoms with Gasteiger partial charge in [0.1, 0.15) is 12.2 Å². The molecule has 4 unspecified atom stereocenters. The highest BCUT2D eigenvalue weighted by Gasteiger charge is 2.28. The van der Waals surface area contributed by atoms with Gasteiger partial charge in [0.2, 0.25) is 5.91 Å². The maximum Gasteiger partial charge on any atom is 0.249 e. The number of aliphatic hydroxyl groups is 4. The first kappa shape index (κ1) is 62.3. The van der Waals surface area contributed by atoms with Crippen molar-refractivity contribution < 1.29 is 25.2 Å². The first-order valence-corrected chi connectivity index (χ1v) is 28.9. The lowest BCUT2D eigenvalue weighted by molar-refractivity contribution is -0.132. The average Bonchev–Trinajstić information content (AvgIpc) is 3.29. The van der Waals surface area contributed by atoms with E-state index in [1.54, 1.807) is 0 Å². The standard InChI is InChI=1S/C57H115NO5/c1-3-5-7-9-11-13-14-15-16-17-18-19-20-21-22-23-24-25-26-27-28-29-30-31-32-33-34-35-36-37-38-39-40-41-43-45-47-49-51-55(61)57(63)58-53(52-59)56(62)54(60)50-48-46-44-42-12-10-8-6-4-2/h53-56,59-62H,3-52H2,1-2H3,(H,58,63). The van der Waals surface area contributed by atoms with Crippen molar-refractivity contribution in [1.82, 2.24) is 5.32 Å². The number of hydrogen-bond acceptors (Lipinski definition) is 5. The Hall–Kier alpha value is -0.690. The van der Waals surface area contributed by atoms with Crippen LogP contribution in [0, 0.1) is 0 Å². The zero-order valence-corrected chi connectivity index (χ0v) is 42.9. The van der Waals surface area contributed by atoms with Crippen LogP contribution in [0.15, 0.2) is 0 Å². The quantitative estimate of drug-likeness (QED) is 0.0391. The van der Waals surface area contributed by atoms with E-state index in [-0.39, 0.29) is 0 Å². The third-order valence-electron chi connectivity index (χ3n) is 14.1. The summed E-state index contributed by atoms with van der Waals surface area (Å²) in [5, 5.41) is 43.7. The monoisotopic (exact) mass is 894 g/mol. The van der Waals surface area contributed by atoms with Gasteiger partial charge in [-0.25, -0.2) is 0 Å². The first-order valence-electron chi connectivity index (χ1n) is 28.9. The summed E-state index contributed by atoms with van der Waals surface area (Å²) in [6, 6.07) is -0.978.